The molecule has 0 saturated carbocycles. The summed E-state index contributed by atoms with van der Waals surface area (Å²) in [6.07, 6.45) is 0. The Hall–Kier alpha value is -2.76. The number of hydrogen-bond donors (Lipinski definition) is 0. The van der Waals surface area contributed by atoms with Gasteiger partial charge >= 0.3 is 6.03 Å². The zero-order valence-corrected chi connectivity index (χ0v) is 12.4. The highest BCUT2D eigenvalue weighted by molar-refractivity contribution is 6.13. The van der Waals surface area contributed by atoms with E-state index in [0.29, 0.717) is 5.69 Å². The Bertz CT molecular complexity index is 764. The number of halogens is 2. The molecule has 1 aliphatic rings. The second-order valence-corrected chi connectivity index (χ2v) is 5.30. The Morgan fingerprint density at radius 1 is 1.00 bits per heavy atom. The third kappa shape index (κ3) is 2.56. The fourth-order valence-electron chi connectivity index (χ4n) is 2.64. The van der Waals surface area contributed by atoms with E-state index >= 15 is 0 Å². The van der Waals surface area contributed by atoms with Crippen LogP contribution in [-0.2, 0) is 11.3 Å². The van der Waals surface area contributed by atoms with Crippen LogP contribution in [0.3, 0.4) is 0 Å². The van der Waals surface area contributed by atoms with Crippen LogP contribution in [0.4, 0.5) is 19.3 Å². The number of benzene rings is 2. The summed E-state index contributed by atoms with van der Waals surface area (Å²) in [6, 6.07) is 11.2. The van der Waals surface area contributed by atoms with Crippen molar-refractivity contribution in [3.05, 3.63) is 65.7 Å². The van der Waals surface area contributed by atoms with Gasteiger partial charge in [0.05, 0.1) is 6.54 Å². The molecule has 3 rings (SSSR count). The first kappa shape index (κ1) is 15.1. The van der Waals surface area contributed by atoms with E-state index in [1.807, 2.05) is 0 Å². The number of para-hydroxylation sites is 1. The van der Waals surface area contributed by atoms with Gasteiger partial charge in [0.25, 0.3) is 5.91 Å². The van der Waals surface area contributed by atoms with Crippen LogP contribution in [0.1, 0.15) is 12.5 Å². The molecule has 1 atom stereocenters. The van der Waals surface area contributed by atoms with E-state index in [2.05, 4.69) is 0 Å². The van der Waals surface area contributed by atoms with Crippen LogP contribution in [-0.4, -0.2) is 22.9 Å². The smallest absolute Gasteiger partial charge is 0.282 e. The first-order valence-corrected chi connectivity index (χ1v) is 7.13. The SMILES string of the molecule is CC1C(=O)N(Cc2cccc(F)c2F)C(=O)N1c1ccccc1. The van der Waals surface area contributed by atoms with Crippen molar-refractivity contribution in [2.75, 3.05) is 4.90 Å². The van der Waals surface area contributed by atoms with Gasteiger partial charge in [0.1, 0.15) is 6.04 Å². The second kappa shape index (κ2) is 5.79. The van der Waals surface area contributed by atoms with Crippen LogP contribution in [0.25, 0.3) is 0 Å². The Labute approximate surface area is 131 Å². The zero-order chi connectivity index (χ0) is 16.6. The summed E-state index contributed by atoms with van der Waals surface area (Å²) >= 11 is 0. The van der Waals surface area contributed by atoms with Crippen LogP contribution < -0.4 is 4.90 Å². The number of rotatable bonds is 3. The predicted octanol–water partition coefficient (Wildman–Crippen LogP) is 3.32. The number of carbonyl (C=O) groups excluding carboxylic acids is 2. The van der Waals surface area contributed by atoms with Gasteiger partial charge in [0.15, 0.2) is 11.6 Å². The minimum Gasteiger partial charge on any atom is -0.282 e. The molecule has 0 aliphatic carbocycles. The maximum Gasteiger partial charge on any atom is 0.332 e. The van der Waals surface area contributed by atoms with E-state index < -0.39 is 29.6 Å². The zero-order valence-electron chi connectivity index (χ0n) is 12.4. The number of anilines is 1. The van der Waals surface area contributed by atoms with Crippen LogP contribution in [0.15, 0.2) is 48.5 Å². The molecule has 1 unspecified atom stereocenters. The molecule has 0 spiro atoms. The summed E-state index contributed by atoms with van der Waals surface area (Å²) in [5, 5.41) is 0. The topological polar surface area (TPSA) is 40.6 Å². The molecule has 1 aliphatic heterocycles. The van der Waals surface area contributed by atoms with Crippen molar-refractivity contribution in [1.82, 2.24) is 4.90 Å². The van der Waals surface area contributed by atoms with Crippen molar-refractivity contribution in [1.29, 1.82) is 0 Å². The second-order valence-electron chi connectivity index (χ2n) is 5.30. The van der Waals surface area contributed by atoms with Gasteiger partial charge in [-0.2, -0.15) is 0 Å². The lowest BCUT2D eigenvalue weighted by molar-refractivity contribution is -0.127. The van der Waals surface area contributed by atoms with E-state index in [9.17, 15) is 18.4 Å². The van der Waals surface area contributed by atoms with Crippen molar-refractivity contribution in [2.24, 2.45) is 0 Å². The molecule has 1 heterocycles. The van der Waals surface area contributed by atoms with Gasteiger partial charge in [-0.3, -0.25) is 14.6 Å². The van der Waals surface area contributed by atoms with Gasteiger partial charge in [0, 0.05) is 11.3 Å². The summed E-state index contributed by atoms with van der Waals surface area (Å²) in [7, 11) is 0. The standard InChI is InChI=1S/C17H14F2N2O2/c1-11-16(22)20(10-12-6-5-9-14(18)15(12)19)17(23)21(11)13-7-3-2-4-8-13/h2-9,11H,10H2,1H3. The minimum atomic E-state index is -1.04. The monoisotopic (exact) mass is 316 g/mol. The summed E-state index contributed by atoms with van der Waals surface area (Å²) in [4.78, 5) is 27.2. The van der Waals surface area contributed by atoms with E-state index in [4.69, 9.17) is 0 Å². The van der Waals surface area contributed by atoms with Crippen LogP contribution in [0.5, 0.6) is 0 Å². The van der Waals surface area contributed by atoms with Crippen molar-refractivity contribution in [3.8, 4) is 0 Å². The quantitative estimate of drug-likeness (QED) is 0.815. The lowest BCUT2D eigenvalue weighted by Gasteiger charge is -2.19. The lowest BCUT2D eigenvalue weighted by atomic mass is 10.2. The molecule has 6 heteroatoms. The molecule has 4 nitrogen and oxygen atoms in total. The maximum atomic E-state index is 13.8. The normalized spacial score (nSPS) is 18.0. The van der Waals surface area contributed by atoms with E-state index in [1.165, 1.54) is 17.0 Å². The summed E-state index contributed by atoms with van der Waals surface area (Å²) in [5.74, 6) is -2.49. The van der Waals surface area contributed by atoms with Crippen molar-refractivity contribution in [2.45, 2.75) is 19.5 Å². The van der Waals surface area contributed by atoms with Gasteiger partial charge in [-0.25, -0.2) is 13.6 Å². The minimum absolute atomic E-state index is 0.0335. The highest BCUT2D eigenvalue weighted by atomic mass is 19.2. The number of urea groups is 1. The number of nitrogens with zero attached hydrogens (tertiary/aromatic N) is 2. The van der Waals surface area contributed by atoms with Crippen LogP contribution in [0, 0.1) is 11.6 Å². The molecular weight excluding hydrogens is 302 g/mol. The summed E-state index contributed by atoms with van der Waals surface area (Å²) in [5.41, 5.74) is 0.550. The summed E-state index contributed by atoms with van der Waals surface area (Å²) < 4.78 is 27.1. The molecule has 0 radical (unpaired) electrons. The number of amides is 3. The van der Waals surface area contributed by atoms with Crippen molar-refractivity contribution >= 4 is 17.6 Å². The molecule has 3 amide bonds. The molecule has 23 heavy (non-hydrogen) atoms. The molecule has 0 aromatic heterocycles. The predicted molar refractivity (Wildman–Crippen MR) is 80.7 cm³/mol. The molecule has 118 valence electrons. The first-order chi connectivity index (χ1) is 11.0. The maximum absolute atomic E-state index is 13.8. The Kier molecular flexibility index (Phi) is 3.82. The first-order valence-electron chi connectivity index (χ1n) is 7.13. The highest BCUT2D eigenvalue weighted by Gasteiger charge is 2.43. The number of carbonyl (C=O) groups is 2. The largest absolute Gasteiger partial charge is 0.332 e. The van der Waals surface area contributed by atoms with Crippen molar-refractivity contribution < 1.29 is 18.4 Å². The molecule has 1 saturated heterocycles. The van der Waals surface area contributed by atoms with Crippen LogP contribution in [0.2, 0.25) is 0 Å². The third-order valence-electron chi connectivity index (χ3n) is 3.84. The van der Waals surface area contributed by atoms with Crippen molar-refractivity contribution in [3.63, 3.8) is 0 Å². The number of imide groups is 1. The molecule has 0 N–H and O–H groups in total. The van der Waals surface area contributed by atoms with E-state index in [1.54, 1.807) is 37.3 Å². The van der Waals surface area contributed by atoms with E-state index in [0.717, 1.165) is 11.0 Å². The highest BCUT2D eigenvalue weighted by Crippen LogP contribution is 2.27. The molecular formula is C17H14F2N2O2. The third-order valence-corrected chi connectivity index (χ3v) is 3.84. The fourth-order valence-corrected chi connectivity index (χ4v) is 2.64. The van der Waals surface area contributed by atoms with Gasteiger partial charge in [-0.15, -0.1) is 0 Å². The molecule has 1 fully saturated rings. The molecule has 2 aromatic rings. The van der Waals surface area contributed by atoms with Crippen LogP contribution >= 0.6 is 0 Å². The Morgan fingerprint density at radius 2 is 1.70 bits per heavy atom. The Balaban J connectivity index is 1.91. The Morgan fingerprint density at radius 3 is 2.39 bits per heavy atom. The summed E-state index contributed by atoms with van der Waals surface area (Å²) in [6.45, 7) is 1.31. The van der Waals surface area contributed by atoms with E-state index in [-0.39, 0.29) is 12.1 Å². The van der Waals surface area contributed by atoms with Gasteiger partial charge < -0.3 is 0 Å². The fraction of sp³-hybridized carbons (Fsp3) is 0.176. The van der Waals surface area contributed by atoms with Gasteiger partial charge in [-0.05, 0) is 25.1 Å². The average molecular weight is 316 g/mol. The molecule has 0 bridgehead atoms. The lowest BCUT2D eigenvalue weighted by Crippen LogP contribution is -2.33. The number of hydrogen-bond acceptors (Lipinski definition) is 2. The van der Waals surface area contributed by atoms with Gasteiger partial charge in [0.2, 0.25) is 0 Å². The van der Waals surface area contributed by atoms with Gasteiger partial charge in [-0.1, -0.05) is 30.3 Å². The molecule has 2 aromatic carbocycles. The average Bonchev–Trinajstić information content (AvgIpc) is 2.76.